The standard InChI is InChI=1S/C10H12O3/c1-7(11)9-5-8(6-13-2)3-4-10(9)12/h3-5,12H,6H2,1-2H3. The molecule has 3 heteroatoms. The molecule has 0 unspecified atom stereocenters. The van der Waals surface area contributed by atoms with Gasteiger partial charge >= 0.3 is 0 Å². The van der Waals surface area contributed by atoms with Crippen molar-refractivity contribution in [1.82, 2.24) is 0 Å². The SMILES string of the molecule is COCc1ccc(O)c(C(C)=O)c1. The number of aromatic hydroxyl groups is 1. The van der Waals surface area contributed by atoms with Crippen molar-refractivity contribution in [2.24, 2.45) is 0 Å². The Bertz CT molecular complexity index is 318. The number of hydrogen-bond donors (Lipinski definition) is 1. The predicted octanol–water partition coefficient (Wildman–Crippen LogP) is 1.74. The van der Waals surface area contributed by atoms with Gasteiger partial charge in [0.05, 0.1) is 12.2 Å². The lowest BCUT2D eigenvalue weighted by atomic mass is 10.1. The Morgan fingerprint density at radius 3 is 2.77 bits per heavy atom. The van der Waals surface area contributed by atoms with Crippen molar-refractivity contribution >= 4 is 5.78 Å². The van der Waals surface area contributed by atoms with Crippen LogP contribution in [0, 0.1) is 0 Å². The van der Waals surface area contributed by atoms with E-state index in [2.05, 4.69) is 0 Å². The van der Waals surface area contributed by atoms with Crippen LogP contribution >= 0.6 is 0 Å². The van der Waals surface area contributed by atoms with Crippen LogP contribution in [-0.2, 0) is 11.3 Å². The van der Waals surface area contributed by atoms with Crippen molar-refractivity contribution in [2.45, 2.75) is 13.5 Å². The molecule has 0 aromatic heterocycles. The summed E-state index contributed by atoms with van der Waals surface area (Å²) in [7, 11) is 1.58. The van der Waals surface area contributed by atoms with E-state index in [-0.39, 0.29) is 11.5 Å². The summed E-state index contributed by atoms with van der Waals surface area (Å²) in [6.45, 7) is 1.87. The topological polar surface area (TPSA) is 46.5 Å². The van der Waals surface area contributed by atoms with Gasteiger partial charge in [0.1, 0.15) is 5.75 Å². The lowest BCUT2D eigenvalue weighted by molar-refractivity contribution is 0.101. The molecular formula is C10H12O3. The minimum Gasteiger partial charge on any atom is -0.507 e. The second-order valence-corrected chi connectivity index (χ2v) is 2.84. The van der Waals surface area contributed by atoms with Gasteiger partial charge in [-0.15, -0.1) is 0 Å². The third kappa shape index (κ3) is 2.29. The molecule has 70 valence electrons. The molecule has 0 bridgehead atoms. The molecular weight excluding hydrogens is 168 g/mol. The van der Waals surface area contributed by atoms with Crippen molar-refractivity contribution in [3.63, 3.8) is 0 Å². The summed E-state index contributed by atoms with van der Waals surface area (Å²) in [6, 6.07) is 4.87. The number of ketones is 1. The van der Waals surface area contributed by atoms with Gasteiger partial charge in [-0.05, 0) is 24.6 Å². The number of phenols is 1. The summed E-state index contributed by atoms with van der Waals surface area (Å²) in [5.41, 5.74) is 1.22. The van der Waals surface area contributed by atoms with Gasteiger partial charge in [-0.2, -0.15) is 0 Å². The van der Waals surface area contributed by atoms with Gasteiger partial charge in [0.15, 0.2) is 5.78 Å². The van der Waals surface area contributed by atoms with Crippen LogP contribution in [0.4, 0.5) is 0 Å². The van der Waals surface area contributed by atoms with Gasteiger partial charge in [0.2, 0.25) is 0 Å². The Labute approximate surface area is 77.0 Å². The highest BCUT2D eigenvalue weighted by atomic mass is 16.5. The molecule has 0 spiro atoms. The Balaban J connectivity index is 3.04. The third-order valence-electron chi connectivity index (χ3n) is 1.75. The number of Topliss-reactive ketones (excluding diaryl/α,β-unsaturated/α-hetero) is 1. The molecule has 1 aromatic rings. The van der Waals surface area contributed by atoms with Crippen LogP contribution in [0.3, 0.4) is 0 Å². The minimum absolute atomic E-state index is 0.0207. The maximum absolute atomic E-state index is 11.0. The lowest BCUT2D eigenvalue weighted by Gasteiger charge is -2.03. The van der Waals surface area contributed by atoms with E-state index in [0.717, 1.165) is 5.56 Å². The van der Waals surface area contributed by atoms with E-state index < -0.39 is 0 Å². The van der Waals surface area contributed by atoms with E-state index in [0.29, 0.717) is 12.2 Å². The molecule has 0 radical (unpaired) electrons. The molecule has 0 saturated carbocycles. The molecule has 3 nitrogen and oxygen atoms in total. The van der Waals surface area contributed by atoms with Gasteiger partial charge in [-0.25, -0.2) is 0 Å². The molecule has 0 aliphatic heterocycles. The van der Waals surface area contributed by atoms with Crippen molar-refractivity contribution in [2.75, 3.05) is 7.11 Å². The number of carbonyl (C=O) groups excluding carboxylic acids is 1. The summed E-state index contributed by atoms with van der Waals surface area (Å²) < 4.78 is 4.91. The van der Waals surface area contributed by atoms with Gasteiger partial charge in [0.25, 0.3) is 0 Å². The highest BCUT2D eigenvalue weighted by Gasteiger charge is 2.06. The Morgan fingerprint density at radius 2 is 2.23 bits per heavy atom. The molecule has 0 fully saturated rings. The van der Waals surface area contributed by atoms with E-state index in [4.69, 9.17) is 4.74 Å². The quantitative estimate of drug-likeness (QED) is 0.721. The average Bonchev–Trinajstić information content (AvgIpc) is 2.08. The largest absolute Gasteiger partial charge is 0.507 e. The van der Waals surface area contributed by atoms with Crippen LogP contribution in [0.1, 0.15) is 22.8 Å². The first kappa shape index (κ1) is 9.74. The van der Waals surface area contributed by atoms with E-state index in [1.54, 1.807) is 19.2 Å². The highest BCUT2D eigenvalue weighted by molar-refractivity contribution is 5.96. The van der Waals surface area contributed by atoms with Gasteiger partial charge < -0.3 is 9.84 Å². The highest BCUT2D eigenvalue weighted by Crippen LogP contribution is 2.19. The zero-order valence-electron chi connectivity index (χ0n) is 7.70. The molecule has 0 aliphatic carbocycles. The van der Waals surface area contributed by atoms with E-state index in [1.807, 2.05) is 0 Å². The molecule has 1 rings (SSSR count). The molecule has 0 atom stereocenters. The van der Waals surface area contributed by atoms with Gasteiger partial charge in [-0.1, -0.05) is 6.07 Å². The fourth-order valence-corrected chi connectivity index (χ4v) is 1.12. The number of methoxy groups -OCH3 is 1. The van der Waals surface area contributed by atoms with Crippen molar-refractivity contribution in [3.05, 3.63) is 29.3 Å². The maximum atomic E-state index is 11.0. The number of phenolic OH excluding ortho intramolecular Hbond substituents is 1. The fraction of sp³-hybridized carbons (Fsp3) is 0.300. The van der Waals surface area contributed by atoms with Crippen LogP contribution < -0.4 is 0 Å². The first-order valence-corrected chi connectivity index (χ1v) is 3.97. The van der Waals surface area contributed by atoms with Crippen LogP contribution in [0.15, 0.2) is 18.2 Å². The summed E-state index contributed by atoms with van der Waals surface area (Å²) in [6.07, 6.45) is 0. The molecule has 1 N–H and O–H groups in total. The van der Waals surface area contributed by atoms with Crippen LogP contribution in [0.2, 0.25) is 0 Å². The third-order valence-corrected chi connectivity index (χ3v) is 1.75. The summed E-state index contributed by atoms with van der Waals surface area (Å²) in [5.74, 6) is -0.122. The first-order valence-electron chi connectivity index (χ1n) is 3.97. The molecule has 13 heavy (non-hydrogen) atoms. The smallest absolute Gasteiger partial charge is 0.163 e. The second kappa shape index (κ2) is 4.05. The van der Waals surface area contributed by atoms with Crippen LogP contribution in [0.25, 0.3) is 0 Å². The predicted molar refractivity (Wildman–Crippen MR) is 48.8 cm³/mol. The van der Waals surface area contributed by atoms with Gasteiger partial charge in [0, 0.05) is 7.11 Å². The number of benzene rings is 1. The molecule has 0 heterocycles. The molecule has 0 saturated heterocycles. The fourth-order valence-electron chi connectivity index (χ4n) is 1.12. The second-order valence-electron chi connectivity index (χ2n) is 2.84. The van der Waals surface area contributed by atoms with Gasteiger partial charge in [-0.3, -0.25) is 4.79 Å². The zero-order valence-corrected chi connectivity index (χ0v) is 7.70. The van der Waals surface area contributed by atoms with E-state index in [9.17, 15) is 9.90 Å². The Hall–Kier alpha value is -1.35. The van der Waals surface area contributed by atoms with Crippen LogP contribution in [-0.4, -0.2) is 18.0 Å². The molecule has 0 amide bonds. The van der Waals surface area contributed by atoms with E-state index in [1.165, 1.54) is 13.0 Å². The number of carbonyl (C=O) groups is 1. The maximum Gasteiger partial charge on any atom is 0.163 e. The normalized spacial score (nSPS) is 10.0. The number of hydrogen-bond acceptors (Lipinski definition) is 3. The van der Waals surface area contributed by atoms with E-state index >= 15 is 0 Å². The summed E-state index contributed by atoms with van der Waals surface area (Å²) >= 11 is 0. The lowest BCUT2D eigenvalue weighted by Crippen LogP contribution is -1.95. The van der Waals surface area contributed by atoms with Crippen molar-refractivity contribution in [1.29, 1.82) is 0 Å². The minimum atomic E-state index is -0.143. The number of ether oxygens (including phenoxy) is 1. The summed E-state index contributed by atoms with van der Waals surface area (Å²) in [5, 5.41) is 9.31. The first-order chi connectivity index (χ1) is 6.15. The Kier molecular flexibility index (Phi) is 3.03. The average molecular weight is 180 g/mol. The van der Waals surface area contributed by atoms with Crippen LogP contribution in [0.5, 0.6) is 5.75 Å². The van der Waals surface area contributed by atoms with Crippen molar-refractivity contribution in [3.8, 4) is 5.75 Å². The summed E-state index contributed by atoms with van der Waals surface area (Å²) in [4.78, 5) is 11.0. The monoisotopic (exact) mass is 180 g/mol. The van der Waals surface area contributed by atoms with Crippen molar-refractivity contribution < 1.29 is 14.6 Å². The zero-order chi connectivity index (χ0) is 9.84. The Morgan fingerprint density at radius 1 is 1.54 bits per heavy atom. The number of rotatable bonds is 3. The molecule has 1 aromatic carbocycles. The molecule has 0 aliphatic rings.